The van der Waals surface area contributed by atoms with Gasteiger partial charge < -0.3 is 9.84 Å². The van der Waals surface area contributed by atoms with Crippen LogP contribution < -0.4 is 5.32 Å². The van der Waals surface area contributed by atoms with E-state index in [-0.39, 0.29) is 23.3 Å². The molecule has 0 bridgehead atoms. The summed E-state index contributed by atoms with van der Waals surface area (Å²) in [5.41, 5.74) is 1.64. The highest BCUT2D eigenvalue weighted by molar-refractivity contribution is 5.93. The van der Waals surface area contributed by atoms with Gasteiger partial charge in [-0.2, -0.15) is 4.98 Å². The van der Waals surface area contributed by atoms with E-state index in [1.54, 1.807) is 24.3 Å². The molecule has 25 heavy (non-hydrogen) atoms. The maximum Gasteiger partial charge on any atom is 0.261 e. The highest BCUT2D eigenvalue weighted by Crippen LogP contribution is 2.29. The number of aromatic nitrogens is 2. The number of nitrogens with zero attached hydrogens (tertiary/aromatic N) is 2. The fourth-order valence-corrected chi connectivity index (χ4v) is 2.74. The summed E-state index contributed by atoms with van der Waals surface area (Å²) >= 11 is 0. The predicted molar refractivity (Wildman–Crippen MR) is 91.1 cm³/mol. The predicted octanol–water partition coefficient (Wildman–Crippen LogP) is 4.28. The van der Waals surface area contributed by atoms with Crippen LogP contribution in [0.1, 0.15) is 19.3 Å². The highest BCUT2D eigenvalue weighted by atomic mass is 19.1. The Kier molecular flexibility index (Phi) is 4.01. The van der Waals surface area contributed by atoms with Gasteiger partial charge in [0, 0.05) is 17.2 Å². The molecule has 0 aliphatic heterocycles. The fraction of sp³-hybridized carbons (Fsp3) is 0.211. The van der Waals surface area contributed by atoms with Gasteiger partial charge in [0.15, 0.2) is 0 Å². The van der Waals surface area contributed by atoms with E-state index in [2.05, 4.69) is 15.5 Å². The normalized spacial score (nSPS) is 14.1. The molecule has 1 saturated carbocycles. The lowest BCUT2D eigenvalue weighted by molar-refractivity contribution is -0.122. The number of hydrogen-bond acceptors (Lipinski definition) is 4. The van der Waals surface area contributed by atoms with Crippen LogP contribution in [-0.2, 0) is 4.79 Å². The van der Waals surface area contributed by atoms with E-state index in [1.807, 2.05) is 18.2 Å². The van der Waals surface area contributed by atoms with Crippen molar-refractivity contribution < 1.29 is 13.7 Å². The highest BCUT2D eigenvalue weighted by Gasteiger charge is 2.25. The number of rotatable bonds is 4. The largest absolute Gasteiger partial charge is 0.334 e. The van der Waals surface area contributed by atoms with E-state index in [9.17, 15) is 9.18 Å². The minimum Gasteiger partial charge on any atom is -0.334 e. The average Bonchev–Trinajstić information content (AvgIpc) is 3.03. The van der Waals surface area contributed by atoms with Gasteiger partial charge in [0.1, 0.15) is 5.82 Å². The van der Waals surface area contributed by atoms with Crippen LogP contribution in [-0.4, -0.2) is 16.0 Å². The summed E-state index contributed by atoms with van der Waals surface area (Å²) in [6.07, 6.45) is 3.00. The molecule has 3 aromatic rings. The molecule has 0 spiro atoms. The molecule has 1 N–H and O–H groups in total. The zero-order valence-corrected chi connectivity index (χ0v) is 13.4. The number of nitrogens with one attached hydrogen (secondary N) is 1. The van der Waals surface area contributed by atoms with Gasteiger partial charge in [-0.25, -0.2) is 4.39 Å². The first kappa shape index (κ1) is 15.5. The molecule has 4 rings (SSSR count). The van der Waals surface area contributed by atoms with Crippen molar-refractivity contribution in [3.8, 4) is 22.8 Å². The first-order chi connectivity index (χ1) is 12.2. The molecule has 1 aromatic heterocycles. The molecule has 0 radical (unpaired) electrons. The van der Waals surface area contributed by atoms with Crippen molar-refractivity contribution in [2.75, 3.05) is 5.32 Å². The SMILES string of the molecule is O=C(Nc1cccc(-c2noc(-c3ccccc3F)n2)c1)C1CCC1. The molecule has 1 aliphatic carbocycles. The molecule has 1 heterocycles. The van der Waals surface area contributed by atoms with E-state index < -0.39 is 5.82 Å². The number of anilines is 1. The molecular formula is C19H16FN3O2. The Morgan fingerprint density at radius 2 is 2.00 bits per heavy atom. The van der Waals surface area contributed by atoms with Gasteiger partial charge in [-0.3, -0.25) is 4.79 Å². The second-order valence-corrected chi connectivity index (χ2v) is 6.10. The van der Waals surface area contributed by atoms with Gasteiger partial charge >= 0.3 is 0 Å². The number of halogens is 1. The molecular weight excluding hydrogens is 321 g/mol. The van der Waals surface area contributed by atoms with Crippen molar-refractivity contribution in [1.82, 2.24) is 10.1 Å². The molecule has 1 fully saturated rings. The van der Waals surface area contributed by atoms with Crippen molar-refractivity contribution in [3.63, 3.8) is 0 Å². The maximum atomic E-state index is 13.8. The first-order valence-corrected chi connectivity index (χ1v) is 8.20. The summed E-state index contributed by atoms with van der Waals surface area (Å²) in [5.74, 6) is 0.208. The summed E-state index contributed by atoms with van der Waals surface area (Å²) < 4.78 is 19.0. The maximum absolute atomic E-state index is 13.8. The van der Waals surface area contributed by atoms with Crippen LogP contribution in [0.3, 0.4) is 0 Å². The Bertz CT molecular complexity index is 918. The van der Waals surface area contributed by atoms with Crippen LogP contribution in [0, 0.1) is 11.7 Å². The molecule has 0 atom stereocenters. The van der Waals surface area contributed by atoms with Crippen LogP contribution in [0.15, 0.2) is 53.1 Å². The molecule has 0 unspecified atom stereocenters. The quantitative estimate of drug-likeness (QED) is 0.771. The van der Waals surface area contributed by atoms with Gasteiger partial charge in [-0.05, 0) is 37.1 Å². The van der Waals surface area contributed by atoms with Crippen LogP contribution in [0.25, 0.3) is 22.8 Å². The summed E-state index contributed by atoms with van der Waals surface area (Å²) in [6.45, 7) is 0. The number of carbonyl (C=O) groups is 1. The van der Waals surface area contributed by atoms with Gasteiger partial charge in [0.2, 0.25) is 11.7 Å². The standard InChI is InChI=1S/C19H16FN3O2/c20-16-10-2-1-9-15(16)19-22-17(23-25-19)13-7-4-8-14(11-13)21-18(24)12-5-3-6-12/h1-2,4,7-12H,3,5-6H2,(H,21,24). The van der Waals surface area contributed by atoms with Gasteiger partial charge in [0.05, 0.1) is 5.56 Å². The molecule has 2 aromatic carbocycles. The van der Waals surface area contributed by atoms with Crippen LogP contribution in [0.2, 0.25) is 0 Å². The summed E-state index contributed by atoms with van der Waals surface area (Å²) in [5, 5.41) is 6.84. The number of hydrogen-bond donors (Lipinski definition) is 1. The van der Waals surface area contributed by atoms with E-state index in [0.29, 0.717) is 17.1 Å². The molecule has 126 valence electrons. The Balaban J connectivity index is 1.57. The lowest BCUT2D eigenvalue weighted by Crippen LogP contribution is -2.27. The van der Waals surface area contributed by atoms with Crippen LogP contribution in [0.4, 0.5) is 10.1 Å². The van der Waals surface area contributed by atoms with Gasteiger partial charge in [-0.15, -0.1) is 0 Å². The van der Waals surface area contributed by atoms with Gasteiger partial charge in [0.25, 0.3) is 5.89 Å². The lowest BCUT2D eigenvalue weighted by Gasteiger charge is -2.24. The van der Waals surface area contributed by atoms with Crippen LogP contribution in [0.5, 0.6) is 0 Å². The second-order valence-electron chi connectivity index (χ2n) is 6.10. The number of benzene rings is 2. The Hall–Kier alpha value is -3.02. The molecule has 1 amide bonds. The minimum absolute atomic E-state index is 0.0450. The summed E-state index contributed by atoms with van der Waals surface area (Å²) in [6, 6.07) is 13.5. The van der Waals surface area contributed by atoms with Crippen LogP contribution >= 0.6 is 0 Å². The van der Waals surface area contributed by atoms with Crippen molar-refractivity contribution in [1.29, 1.82) is 0 Å². The Morgan fingerprint density at radius 3 is 2.76 bits per heavy atom. The van der Waals surface area contributed by atoms with E-state index in [0.717, 1.165) is 19.3 Å². The summed E-state index contributed by atoms with van der Waals surface area (Å²) in [7, 11) is 0. The monoisotopic (exact) mass is 337 g/mol. The van der Waals surface area contributed by atoms with Crippen molar-refractivity contribution in [2.45, 2.75) is 19.3 Å². The third-order valence-corrected chi connectivity index (χ3v) is 4.39. The molecule has 5 nitrogen and oxygen atoms in total. The van der Waals surface area contributed by atoms with E-state index >= 15 is 0 Å². The molecule has 6 heteroatoms. The number of amides is 1. The Morgan fingerprint density at radius 1 is 1.16 bits per heavy atom. The second kappa shape index (κ2) is 6.47. The Labute approximate surface area is 143 Å². The zero-order valence-electron chi connectivity index (χ0n) is 13.4. The number of carbonyl (C=O) groups excluding carboxylic acids is 1. The first-order valence-electron chi connectivity index (χ1n) is 8.20. The molecule has 0 saturated heterocycles. The fourth-order valence-electron chi connectivity index (χ4n) is 2.74. The third kappa shape index (κ3) is 3.15. The third-order valence-electron chi connectivity index (χ3n) is 4.39. The minimum atomic E-state index is -0.417. The summed E-state index contributed by atoms with van der Waals surface area (Å²) in [4.78, 5) is 16.3. The van der Waals surface area contributed by atoms with Crippen molar-refractivity contribution in [3.05, 3.63) is 54.3 Å². The van der Waals surface area contributed by atoms with Crippen molar-refractivity contribution in [2.24, 2.45) is 5.92 Å². The van der Waals surface area contributed by atoms with E-state index in [4.69, 9.17) is 4.52 Å². The topological polar surface area (TPSA) is 68.0 Å². The van der Waals surface area contributed by atoms with Crippen molar-refractivity contribution >= 4 is 11.6 Å². The zero-order chi connectivity index (χ0) is 17.2. The van der Waals surface area contributed by atoms with Gasteiger partial charge in [-0.1, -0.05) is 35.8 Å². The molecule has 1 aliphatic rings. The smallest absolute Gasteiger partial charge is 0.261 e. The lowest BCUT2D eigenvalue weighted by atomic mass is 9.85. The average molecular weight is 337 g/mol. The van der Waals surface area contributed by atoms with E-state index in [1.165, 1.54) is 6.07 Å².